The van der Waals surface area contributed by atoms with Gasteiger partial charge in [0.15, 0.2) is 0 Å². The van der Waals surface area contributed by atoms with Gasteiger partial charge in [-0.2, -0.15) is 5.10 Å². The Morgan fingerprint density at radius 2 is 2.04 bits per heavy atom. The molecule has 1 N–H and O–H groups in total. The topological polar surface area (TPSA) is 85.8 Å². The first-order valence-corrected chi connectivity index (χ1v) is 9.03. The van der Waals surface area contributed by atoms with Gasteiger partial charge < -0.3 is 9.73 Å². The molecular weight excluding hydrogens is 354 g/mol. The van der Waals surface area contributed by atoms with Gasteiger partial charge in [-0.05, 0) is 23.8 Å². The van der Waals surface area contributed by atoms with Crippen LogP contribution in [0.2, 0.25) is 0 Å². The van der Waals surface area contributed by atoms with Crippen molar-refractivity contribution in [3.8, 4) is 11.5 Å². The minimum atomic E-state index is -0.187. The van der Waals surface area contributed by atoms with Gasteiger partial charge in [0.05, 0.1) is 18.4 Å². The van der Waals surface area contributed by atoms with E-state index in [0.717, 1.165) is 22.4 Å². The predicted octanol–water partition coefficient (Wildman–Crippen LogP) is 3.46. The molecule has 1 unspecified atom stereocenters. The lowest BCUT2D eigenvalue weighted by atomic mass is 9.92. The van der Waals surface area contributed by atoms with Crippen molar-refractivity contribution < 1.29 is 9.21 Å². The summed E-state index contributed by atoms with van der Waals surface area (Å²) in [6, 6.07) is 13.6. The Morgan fingerprint density at radius 3 is 2.86 bits per heavy atom. The van der Waals surface area contributed by atoms with E-state index in [1.54, 1.807) is 29.5 Å². The average Bonchev–Trinajstić information content (AvgIpc) is 3.37. The highest BCUT2D eigenvalue weighted by molar-refractivity contribution is 5.94. The maximum Gasteiger partial charge on any atom is 0.226 e. The Morgan fingerprint density at radius 1 is 1.14 bits per heavy atom. The van der Waals surface area contributed by atoms with Crippen molar-refractivity contribution in [1.29, 1.82) is 0 Å². The number of aromatic nitrogens is 4. The van der Waals surface area contributed by atoms with E-state index >= 15 is 0 Å². The van der Waals surface area contributed by atoms with Gasteiger partial charge in [-0.15, -0.1) is 0 Å². The fourth-order valence-corrected chi connectivity index (χ4v) is 3.48. The van der Waals surface area contributed by atoms with Crippen LogP contribution in [0.25, 0.3) is 11.5 Å². The number of carbonyl (C=O) groups is 1. The fraction of sp³-hybridized carbons (Fsp3) is 0.143. The monoisotopic (exact) mass is 371 g/mol. The molecule has 7 nitrogen and oxygen atoms in total. The van der Waals surface area contributed by atoms with Crippen molar-refractivity contribution >= 4 is 11.7 Å². The lowest BCUT2D eigenvalue weighted by Crippen LogP contribution is -2.25. The number of hydrogen-bond acceptors (Lipinski definition) is 5. The number of carbonyl (C=O) groups excluding carboxylic acids is 1. The van der Waals surface area contributed by atoms with E-state index in [4.69, 9.17) is 4.42 Å². The third-order valence-electron chi connectivity index (χ3n) is 4.85. The van der Waals surface area contributed by atoms with Crippen LogP contribution in [0.1, 0.15) is 29.2 Å². The molecule has 1 aliphatic rings. The summed E-state index contributed by atoms with van der Waals surface area (Å²) in [5, 5.41) is 7.43. The van der Waals surface area contributed by atoms with Crippen LogP contribution < -0.4 is 5.32 Å². The van der Waals surface area contributed by atoms with Crippen molar-refractivity contribution in [2.24, 2.45) is 0 Å². The zero-order chi connectivity index (χ0) is 18.9. The van der Waals surface area contributed by atoms with E-state index in [-0.39, 0.29) is 11.8 Å². The van der Waals surface area contributed by atoms with E-state index in [1.807, 2.05) is 42.5 Å². The number of amides is 1. The van der Waals surface area contributed by atoms with Crippen LogP contribution in [0.4, 0.5) is 5.82 Å². The Labute approximate surface area is 161 Å². The number of pyridine rings is 1. The summed E-state index contributed by atoms with van der Waals surface area (Å²) < 4.78 is 7.46. The van der Waals surface area contributed by atoms with E-state index < -0.39 is 0 Å². The fourth-order valence-electron chi connectivity index (χ4n) is 3.48. The predicted molar refractivity (Wildman–Crippen MR) is 103 cm³/mol. The summed E-state index contributed by atoms with van der Waals surface area (Å²) >= 11 is 0. The van der Waals surface area contributed by atoms with Gasteiger partial charge >= 0.3 is 0 Å². The summed E-state index contributed by atoms with van der Waals surface area (Å²) in [6.45, 7) is 0.532. The molecule has 0 aliphatic carbocycles. The van der Waals surface area contributed by atoms with Crippen molar-refractivity contribution in [3.63, 3.8) is 0 Å². The molecule has 1 atom stereocenters. The Balaban J connectivity index is 1.48. The summed E-state index contributed by atoms with van der Waals surface area (Å²) in [6.07, 6.45) is 7.27. The smallest absolute Gasteiger partial charge is 0.226 e. The lowest BCUT2D eigenvalue weighted by Gasteiger charge is -2.21. The molecule has 28 heavy (non-hydrogen) atoms. The molecule has 1 amide bonds. The van der Waals surface area contributed by atoms with Crippen LogP contribution >= 0.6 is 0 Å². The highest BCUT2D eigenvalue weighted by Crippen LogP contribution is 2.37. The first-order valence-electron chi connectivity index (χ1n) is 9.03. The number of rotatable bonds is 4. The number of nitrogens with one attached hydrogen (secondary N) is 1. The molecule has 0 bridgehead atoms. The molecular formula is C21H17N5O2. The highest BCUT2D eigenvalue weighted by atomic mass is 16.3. The van der Waals surface area contributed by atoms with Gasteiger partial charge in [-0.1, -0.05) is 24.3 Å². The molecule has 1 aliphatic heterocycles. The minimum absolute atomic E-state index is 0.0605. The lowest BCUT2D eigenvalue weighted by molar-refractivity contribution is -0.116. The second-order valence-corrected chi connectivity index (χ2v) is 6.72. The first kappa shape index (κ1) is 16.4. The van der Waals surface area contributed by atoms with E-state index in [0.29, 0.717) is 24.7 Å². The minimum Gasteiger partial charge on any atom is -0.444 e. The zero-order valence-electron chi connectivity index (χ0n) is 14.9. The third kappa shape index (κ3) is 2.96. The van der Waals surface area contributed by atoms with Crippen LogP contribution in [0, 0.1) is 0 Å². The Kier molecular flexibility index (Phi) is 3.97. The standard InChI is InChI=1S/C21H17N5O2/c27-19-9-16(18-13-28-21(24-18)15-6-2-1-3-7-15)17-11-23-26(20(17)25-19)12-14-5-4-8-22-10-14/h1-8,10-11,13,16H,9,12H2,(H,25,27). The molecule has 0 spiro atoms. The maximum absolute atomic E-state index is 12.4. The van der Waals surface area contributed by atoms with Crippen LogP contribution in [-0.2, 0) is 11.3 Å². The second-order valence-electron chi connectivity index (χ2n) is 6.72. The largest absolute Gasteiger partial charge is 0.444 e. The van der Waals surface area contributed by atoms with Crippen LogP contribution in [-0.4, -0.2) is 25.7 Å². The number of benzene rings is 1. The van der Waals surface area contributed by atoms with Gasteiger partial charge in [0.1, 0.15) is 12.1 Å². The number of oxazole rings is 1. The van der Waals surface area contributed by atoms with Crippen molar-refractivity contribution in [2.45, 2.75) is 18.9 Å². The molecule has 0 saturated heterocycles. The van der Waals surface area contributed by atoms with Crippen molar-refractivity contribution in [1.82, 2.24) is 19.7 Å². The number of fused-ring (bicyclic) bond motifs is 1. The van der Waals surface area contributed by atoms with Gasteiger partial charge in [0, 0.05) is 35.9 Å². The highest BCUT2D eigenvalue weighted by Gasteiger charge is 2.32. The summed E-state index contributed by atoms with van der Waals surface area (Å²) in [5.41, 5.74) is 3.59. The molecule has 1 aromatic carbocycles. The molecule has 4 heterocycles. The van der Waals surface area contributed by atoms with Gasteiger partial charge in [0.2, 0.25) is 11.8 Å². The average molecular weight is 371 g/mol. The quantitative estimate of drug-likeness (QED) is 0.594. The van der Waals surface area contributed by atoms with E-state index in [2.05, 4.69) is 20.4 Å². The number of nitrogens with zero attached hydrogens (tertiary/aromatic N) is 4. The molecule has 7 heteroatoms. The van der Waals surface area contributed by atoms with Crippen LogP contribution in [0.5, 0.6) is 0 Å². The van der Waals surface area contributed by atoms with Crippen molar-refractivity contribution in [3.05, 3.63) is 84.1 Å². The Bertz CT molecular complexity index is 1120. The summed E-state index contributed by atoms with van der Waals surface area (Å²) in [4.78, 5) is 21.1. The molecule has 0 saturated carbocycles. The van der Waals surface area contributed by atoms with E-state index in [9.17, 15) is 4.79 Å². The summed E-state index contributed by atoms with van der Waals surface area (Å²) in [7, 11) is 0. The Hall–Kier alpha value is -3.74. The van der Waals surface area contributed by atoms with E-state index in [1.165, 1.54) is 0 Å². The second kappa shape index (κ2) is 6.77. The summed E-state index contributed by atoms with van der Waals surface area (Å²) in [5.74, 6) is 1.00. The number of anilines is 1. The van der Waals surface area contributed by atoms with Gasteiger partial charge in [0.25, 0.3) is 0 Å². The maximum atomic E-state index is 12.4. The third-order valence-corrected chi connectivity index (χ3v) is 4.85. The van der Waals surface area contributed by atoms with Gasteiger partial charge in [-0.3, -0.25) is 9.78 Å². The molecule has 138 valence electrons. The molecule has 4 aromatic rings. The van der Waals surface area contributed by atoms with Crippen molar-refractivity contribution in [2.75, 3.05) is 5.32 Å². The molecule has 5 rings (SSSR count). The van der Waals surface area contributed by atoms with Crippen LogP contribution in [0.3, 0.4) is 0 Å². The molecule has 3 aromatic heterocycles. The van der Waals surface area contributed by atoms with Gasteiger partial charge in [-0.25, -0.2) is 9.67 Å². The normalized spacial score (nSPS) is 15.9. The number of hydrogen-bond donors (Lipinski definition) is 1. The zero-order valence-corrected chi connectivity index (χ0v) is 14.9. The SMILES string of the molecule is O=C1CC(c2coc(-c3ccccc3)n2)c2cnn(Cc3cccnc3)c2N1. The molecule has 0 fully saturated rings. The molecule has 0 radical (unpaired) electrons. The first-order chi connectivity index (χ1) is 13.8. The van der Waals surface area contributed by atoms with Crippen LogP contribution in [0.15, 0.2) is 71.7 Å².